The zero-order valence-electron chi connectivity index (χ0n) is 11.7. The molecule has 0 spiro atoms. The second-order valence-corrected chi connectivity index (χ2v) is 4.92. The molecule has 0 amide bonds. The lowest BCUT2D eigenvalue weighted by Crippen LogP contribution is -2.50. The Kier molecular flexibility index (Phi) is 4.61. The van der Waals surface area contributed by atoms with Crippen molar-refractivity contribution in [3.05, 3.63) is 29.3 Å². The van der Waals surface area contributed by atoms with Crippen molar-refractivity contribution in [2.75, 3.05) is 38.3 Å². The number of anilines is 1. The maximum atomic E-state index is 5.62. The Balaban J connectivity index is 2.32. The monoisotopic (exact) mass is 248 g/mol. The van der Waals surface area contributed by atoms with Gasteiger partial charge in [0, 0.05) is 18.8 Å². The molecule has 0 bridgehead atoms. The number of hydrogen-bond acceptors (Lipinski definition) is 3. The fourth-order valence-electron chi connectivity index (χ4n) is 2.77. The van der Waals surface area contributed by atoms with Gasteiger partial charge < -0.3 is 15.0 Å². The van der Waals surface area contributed by atoms with E-state index in [1.807, 2.05) is 7.05 Å². The predicted molar refractivity (Wildman–Crippen MR) is 76.4 cm³/mol. The van der Waals surface area contributed by atoms with E-state index in [2.05, 4.69) is 42.3 Å². The first kappa shape index (κ1) is 13.4. The molecule has 1 aliphatic heterocycles. The average molecular weight is 248 g/mol. The van der Waals surface area contributed by atoms with E-state index in [0.717, 1.165) is 32.7 Å². The van der Waals surface area contributed by atoms with Gasteiger partial charge in [-0.15, -0.1) is 0 Å². The van der Waals surface area contributed by atoms with Crippen molar-refractivity contribution < 1.29 is 4.74 Å². The highest BCUT2D eigenvalue weighted by atomic mass is 16.5. The van der Waals surface area contributed by atoms with E-state index in [1.165, 1.54) is 16.8 Å². The Labute approximate surface area is 110 Å². The molecule has 0 radical (unpaired) electrons. The number of benzene rings is 1. The third-order valence-corrected chi connectivity index (χ3v) is 3.66. The third kappa shape index (κ3) is 2.68. The summed E-state index contributed by atoms with van der Waals surface area (Å²) in [5.74, 6) is 0. The van der Waals surface area contributed by atoms with Crippen molar-refractivity contribution in [2.24, 2.45) is 0 Å². The van der Waals surface area contributed by atoms with Gasteiger partial charge in [-0.2, -0.15) is 0 Å². The van der Waals surface area contributed by atoms with Crippen LogP contribution in [0.15, 0.2) is 18.2 Å². The summed E-state index contributed by atoms with van der Waals surface area (Å²) in [6.07, 6.45) is 1.08. The van der Waals surface area contributed by atoms with Gasteiger partial charge in [0.05, 0.1) is 19.3 Å². The SMILES string of the molecule is CCc1cccc(C)c1N1CCOCC1CNC. The van der Waals surface area contributed by atoms with Crippen LogP contribution in [0.1, 0.15) is 18.1 Å². The minimum absolute atomic E-state index is 0.440. The number of likely N-dealkylation sites (N-methyl/N-ethyl adjacent to an activating group) is 1. The molecular formula is C15H24N2O. The van der Waals surface area contributed by atoms with Crippen molar-refractivity contribution in [3.8, 4) is 0 Å². The lowest BCUT2D eigenvalue weighted by Gasteiger charge is -2.39. The van der Waals surface area contributed by atoms with Gasteiger partial charge in [0.15, 0.2) is 0 Å². The van der Waals surface area contributed by atoms with Crippen LogP contribution in [0.3, 0.4) is 0 Å². The fourth-order valence-corrected chi connectivity index (χ4v) is 2.77. The summed E-state index contributed by atoms with van der Waals surface area (Å²) in [7, 11) is 2.01. The van der Waals surface area contributed by atoms with Gasteiger partial charge in [-0.1, -0.05) is 25.1 Å². The van der Waals surface area contributed by atoms with Gasteiger partial charge in [-0.3, -0.25) is 0 Å². The number of morpholine rings is 1. The van der Waals surface area contributed by atoms with Crippen LogP contribution in [0.25, 0.3) is 0 Å². The van der Waals surface area contributed by atoms with Crippen LogP contribution in [0.4, 0.5) is 5.69 Å². The quantitative estimate of drug-likeness (QED) is 0.882. The summed E-state index contributed by atoms with van der Waals surface area (Å²) in [5.41, 5.74) is 4.24. The van der Waals surface area contributed by atoms with Gasteiger partial charge in [0.25, 0.3) is 0 Å². The first-order chi connectivity index (χ1) is 8.77. The normalized spacial score (nSPS) is 20.2. The molecule has 0 aromatic heterocycles. The van der Waals surface area contributed by atoms with Crippen LogP contribution in [-0.2, 0) is 11.2 Å². The fraction of sp³-hybridized carbons (Fsp3) is 0.600. The average Bonchev–Trinajstić information content (AvgIpc) is 2.40. The molecule has 1 aromatic carbocycles. The molecule has 1 heterocycles. The summed E-state index contributed by atoms with van der Waals surface area (Å²) < 4.78 is 5.62. The molecule has 1 aromatic rings. The highest BCUT2D eigenvalue weighted by Crippen LogP contribution is 2.28. The van der Waals surface area contributed by atoms with E-state index >= 15 is 0 Å². The van der Waals surface area contributed by atoms with Crippen molar-refractivity contribution in [2.45, 2.75) is 26.3 Å². The van der Waals surface area contributed by atoms with E-state index in [0.29, 0.717) is 6.04 Å². The van der Waals surface area contributed by atoms with Gasteiger partial charge >= 0.3 is 0 Å². The molecule has 18 heavy (non-hydrogen) atoms. The minimum atomic E-state index is 0.440. The van der Waals surface area contributed by atoms with E-state index < -0.39 is 0 Å². The largest absolute Gasteiger partial charge is 0.377 e. The first-order valence-electron chi connectivity index (χ1n) is 6.85. The summed E-state index contributed by atoms with van der Waals surface area (Å²) in [6, 6.07) is 7.05. The van der Waals surface area contributed by atoms with E-state index in [1.54, 1.807) is 0 Å². The number of nitrogens with one attached hydrogen (secondary N) is 1. The summed E-state index contributed by atoms with van der Waals surface area (Å²) in [6.45, 7) is 8.05. The maximum absolute atomic E-state index is 5.62. The lowest BCUT2D eigenvalue weighted by molar-refractivity contribution is 0.0942. The minimum Gasteiger partial charge on any atom is -0.377 e. The molecular weight excluding hydrogens is 224 g/mol. The summed E-state index contributed by atoms with van der Waals surface area (Å²) in [5, 5.41) is 3.27. The van der Waals surface area contributed by atoms with Crippen molar-refractivity contribution in [3.63, 3.8) is 0 Å². The maximum Gasteiger partial charge on any atom is 0.0683 e. The smallest absolute Gasteiger partial charge is 0.0683 e. The van der Waals surface area contributed by atoms with E-state index in [-0.39, 0.29) is 0 Å². The second-order valence-electron chi connectivity index (χ2n) is 4.92. The number of hydrogen-bond donors (Lipinski definition) is 1. The van der Waals surface area contributed by atoms with Gasteiger partial charge in [0.1, 0.15) is 0 Å². The van der Waals surface area contributed by atoms with Crippen molar-refractivity contribution in [1.82, 2.24) is 5.32 Å². The van der Waals surface area contributed by atoms with Crippen LogP contribution in [-0.4, -0.2) is 39.4 Å². The third-order valence-electron chi connectivity index (χ3n) is 3.66. The molecule has 3 nitrogen and oxygen atoms in total. The highest BCUT2D eigenvalue weighted by Gasteiger charge is 2.25. The summed E-state index contributed by atoms with van der Waals surface area (Å²) >= 11 is 0. The van der Waals surface area contributed by atoms with Gasteiger partial charge in [0.2, 0.25) is 0 Å². The standard InChI is InChI=1S/C15H24N2O/c1-4-13-7-5-6-12(2)15(13)17-8-9-18-11-14(17)10-16-3/h5-7,14,16H,4,8-11H2,1-3H3. The Morgan fingerprint density at radius 2 is 2.28 bits per heavy atom. The van der Waals surface area contributed by atoms with Crippen LogP contribution in [0, 0.1) is 6.92 Å². The van der Waals surface area contributed by atoms with Gasteiger partial charge in [-0.05, 0) is 31.5 Å². The molecule has 0 aliphatic carbocycles. The number of para-hydroxylation sites is 1. The number of rotatable bonds is 4. The zero-order chi connectivity index (χ0) is 13.0. The van der Waals surface area contributed by atoms with E-state index in [9.17, 15) is 0 Å². The molecule has 3 heteroatoms. The van der Waals surface area contributed by atoms with Gasteiger partial charge in [-0.25, -0.2) is 0 Å². The molecule has 1 saturated heterocycles. The Bertz CT molecular complexity index is 390. The van der Waals surface area contributed by atoms with Crippen LogP contribution in [0.2, 0.25) is 0 Å². The molecule has 100 valence electrons. The molecule has 1 unspecified atom stereocenters. The zero-order valence-corrected chi connectivity index (χ0v) is 11.7. The number of aryl methyl sites for hydroxylation is 2. The first-order valence-corrected chi connectivity index (χ1v) is 6.85. The molecule has 1 N–H and O–H groups in total. The van der Waals surface area contributed by atoms with Crippen molar-refractivity contribution in [1.29, 1.82) is 0 Å². The van der Waals surface area contributed by atoms with Crippen LogP contribution in [0.5, 0.6) is 0 Å². The number of ether oxygens (including phenoxy) is 1. The Morgan fingerprint density at radius 3 is 3.00 bits per heavy atom. The molecule has 1 atom stereocenters. The number of nitrogens with zero attached hydrogens (tertiary/aromatic N) is 1. The molecule has 2 rings (SSSR count). The molecule has 1 fully saturated rings. The molecule has 1 aliphatic rings. The van der Waals surface area contributed by atoms with Crippen LogP contribution < -0.4 is 10.2 Å². The van der Waals surface area contributed by atoms with E-state index in [4.69, 9.17) is 4.74 Å². The molecule has 0 saturated carbocycles. The topological polar surface area (TPSA) is 24.5 Å². The Morgan fingerprint density at radius 1 is 1.44 bits per heavy atom. The lowest BCUT2D eigenvalue weighted by atomic mass is 10.0. The predicted octanol–water partition coefficient (Wildman–Crippen LogP) is 1.98. The highest BCUT2D eigenvalue weighted by molar-refractivity contribution is 5.60. The summed E-state index contributed by atoms with van der Waals surface area (Å²) in [4.78, 5) is 2.52. The van der Waals surface area contributed by atoms with Crippen LogP contribution >= 0.6 is 0 Å². The second kappa shape index (κ2) is 6.21. The Hall–Kier alpha value is -1.06. The van der Waals surface area contributed by atoms with Crippen molar-refractivity contribution >= 4 is 5.69 Å².